The molecule has 0 radical (unpaired) electrons. The van der Waals surface area contributed by atoms with Crippen LogP contribution in [0.2, 0.25) is 0 Å². The zero-order valence-electron chi connectivity index (χ0n) is 15.8. The normalized spacial score (nSPS) is 11.6. The smallest absolute Gasteiger partial charge is 0.277 e. The number of ketones is 1. The molecule has 142 valence electrons. The Morgan fingerprint density at radius 2 is 1.92 bits per heavy atom. The number of benzene rings is 1. The van der Waals surface area contributed by atoms with Crippen molar-refractivity contribution in [3.63, 3.8) is 0 Å². The van der Waals surface area contributed by atoms with Crippen molar-refractivity contribution in [3.05, 3.63) is 44.9 Å². The lowest BCUT2D eigenvalue weighted by atomic mass is 9.98. The first-order valence-electron chi connectivity index (χ1n) is 8.47. The van der Waals surface area contributed by atoms with Crippen molar-refractivity contribution in [2.24, 2.45) is 7.05 Å². The van der Waals surface area contributed by atoms with Crippen LogP contribution in [0.1, 0.15) is 46.9 Å². The van der Waals surface area contributed by atoms with Crippen LogP contribution in [0.4, 0.5) is 5.69 Å². The highest BCUT2D eigenvalue weighted by Gasteiger charge is 2.24. The Bertz CT molecular complexity index is 1000. The van der Waals surface area contributed by atoms with Crippen molar-refractivity contribution < 1.29 is 13.2 Å². The molecule has 0 saturated carbocycles. The Morgan fingerprint density at radius 1 is 1.27 bits per heavy atom. The Labute approximate surface area is 153 Å². The van der Waals surface area contributed by atoms with Gasteiger partial charge < -0.3 is 5.32 Å². The quantitative estimate of drug-likeness (QED) is 0.567. The van der Waals surface area contributed by atoms with Crippen LogP contribution in [0, 0.1) is 13.8 Å². The number of nitrogens with one attached hydrogen (secondary N) is 2. The summed E-state index contributed by atoms with van der Waals surface area (Å²) in [6, 6.07) is 2.90. The van der Waals surface area contributed by atoms with Crippen molar-refractivity contribution >= 4 is 21.3 Å². The molecule has 0 fully saturated rings. The number of H-pyrrole nitrogens is 1. The Morgan fingerprint density at radius 3 is 2.42 bits per heavy atom. The summed E-state index contributed by atoms with van der Waals surface area (Å²) in [4.78, 5) is 25.3. The number of anilines is 1. The van der Waals surface area contributed by atoms with Gasteiger partial charge in [-0.25, -0.2) is 8.42 Å². The Balaban J connectivity index is 2.62. The van der Waals surface area contributed by atoms with E-state index in [1.165, 1.54) is 16.8 Å². The van der Waals surface area contributed by atoms with Crippen LogP contribution in [0.3, 0.4) is 0 Å². The predicted octanol–water partition coefficient (Wildman–Crippen LogP) is 2.18. The molecule has 2 aromatic rings. The standard InChI is InChI=1S/C18H25N3O4S/c1-6-7-10-19-16-11(2)13(8-9-14(16)26(5,24)25)17(22)15-12(3)20-21(4)18(15)23/h8-9,19-20H,6-7,10H2,1-5H3. The second kappa shape index (κ2) is 7.49. The van der Waals surface area contributed by atoms with E-state index >= 15 is 0 Å². The maximum Gasteiger partial charge on any atom is 0.277 e. The monoisotopic (exact) mass is 379 g/mol. The molecule has 0 aliphatic carbocycles. The lowest BCUT2D eigenvalue weighted by molar-refractivity contribution is 0.103. The Kier molecular flexibility index (Phi) is 5.75. The second-order valence-electron chi connectivity index (χ2n) is 6.47. The SMILES string of the molecule is CCCCNc1c(S(C)(=O)=O)ccc(C(=O)c2c(C)[nH]n(C)c2=O)c1C. The van der Waals surface area contributed by atoms with Gasteiger partial charge in [0.15, 0.2) is 9.84 Å². The van der Waals surface area contributed by atoms with E-state index < -0.39 is 21.2 Å². The number of aromatic amines is 1. The first-order chi connectivity index (χ1) is 12.1. The molecule has 7 nitrogen and oxygen atoms in total. The van der Waals surface area contributed by atoms with E-state index in [1.807, 2.05) is 6.92 Å². The molecule has 0 bridgehead atoms. The molecule has 2 rings (SSSR count). The van der Waals surface area contributed by atoms with Gasteiger partial charge in [-0.3, -0.25) is 19.4 Å². The lowest BCUT2D eigenvalue weighted by Gasteiger charge is -2.16. The zero-order valence-corrected chi connectivity index (χ0v) is 16.6. The number of hydrogen-bond donors (Lipinski definition) is 2. The molecule has 0 atom stereocenters. The highest BCUT2D eigenvalue weighted by atomic mass is 32.2. The average Bonchev–Trinajstić information content (AvgIpc) is 2.80. The molecule has 0 saturated heterocycles. The summed E-state index contributed by atoms with van der Waals surface area (Å²) >= 11 is 0. The number of carbonyl (C=O) groups is 1. The molecule has 1 aromatic carbocycles. The van der Waals surface area contributed by atoms with Crippen LogP contribution >= 0.6 is 0 Å². The molecule has 0 spiro atoms. The number of hydrogen-bond acceptors (Lipinski definition) is 5. The molecule has 0 unspecified atom stereocenters. The van der Waals surface area contributed by atoms with Crippen molar-refractivity contribution in [3.8, 4) is 0 Å². The fourth-order valence-electron chi connectivity index (χ4n) is 2.94. The van der Waals surface area contributed by atoms with Crippen LogP contribution in [0.15, 0.2) is 21.8 Å². The summed E-state index contributed by atoms with van der Waals surface area (Å²) in [5.74, 6) is -0.416. The van der Waals surface area contributed by atoms with Gasteiger partial charge in [-0.15, -0.1) is 0 Å². The number of rotatable bonds is 7. The largest absolute Gasteiger partial charge is 0.384 e. The Hall–Kier alpha value is -2.35. The number of aryl methyl sites for hydroxylation is 2. The van der Waals surface area contributed by atoms with Crippen LogP contribution in [-0.2, 0) is 16.9 Å². The minimum atomic E-state index is -3.46. The van der Waals surface area contributed by atoms with Crippen LogP contribution in [-0.4, -0.2) is 36.8 Å². The lowest BCUT2D eigenvalue weighted by Crippen LogP contribution is -2.21. The summed E-state index contributed by atoms with van der Waals surface area (Å²) < 4.78 is 25.5. The van der Waals surface area contributed by atoms with Gasteiger partial charge in [0.1, 0.15) is 5.56 Å². The van der Waals surface area contributed by atoms with E-state index in [2.05, 4.69) is 10.4 Å². The highest BCUT2D eigenvalue weighted by Crippen LogP contribution is 2.29. The van der Waals surface area contributed by atoms with E-state index in [-0.39, 0.29) is 10.5 Å². The highest BCUT2D eigenvalue weighted by molar-refractivity contribution is 7.90. The fourth-order valence-corrected chi connectivity index (χ4v) is 3.85. The van der Waals surface area contributed by atoms with Gasteiger partial charge in [-0.2, -0.15) is 0 Å². The molecule has 8 heteroatoms. The van der Waals surface area contributed by atoms with Crippen LogP contribution < -0.4 is 10.9 Å². The summed E-state index contributed by atoms with van der Waals surface area (Å²) in [5.41, 5.74) is 1.42. The molecule has 26 heavy (non-hydrogen) atoms. The summed E-state index contributed by atoms with van der Waals surface area (Å²) in [6.07, 6.45) is 2.97. The third kappa shape index (κ3) is 3.75. The number of carbonyl (C=O) groups excluding carboxylic acids is 1. The van der Waals surface area contributed by atoms with Crippen LogP contribution in [0.5, 0.6) is 0 Å². The number of unbranched alkanes of at least 4 members (excludes halogenated alkanes) is 1. The van der Waals surface area contributed by atoms with Gasteiger partial charge in [-0.1, -0.05) is 13.3 Å². The molecule has 0 amide bonds. The van der Waals surface area contributed by atoms with Gasteiger partial charge in [0, 0.05) is 31.1 Å². The molecular formula is C18H25N3O4S. The van der Waals surface area contributed by atoms with Gasteiger partial charge in [0.2, 0.25) is 5.78 Å². The topological polar surface area (TPSA) is 101 Å². The zero-order chi connectivity index (χ0) is 19.6. The van der Waals surface area contributed by atoms with Gasteiger partial charge >= 0.3 is 0 Å². The van der Waals surface area contributed by atoms with E-state index in [0.29, 0.717) is 29.1 Å². The minimum Gasteiger partial charge on any atom is -0.384 e. The maximum absolute atomic E-state index is 13.0. The van der Waals surface area contributed by atoms with Crippen molar-refractivity contribution in [1.82, 2.24) is 9.78 Å². The molecule has 0 aliphatic heterocycles. The molecule has 1 aromatic heterocycles. The van der Waals surface area contributed by atoms with E-state index in [4.69, 9.17) is 0 Å². The summed E-state index contributed by atoms with van der Waals surface area (Å²) in [6.45, 7) is 6.00. The first-order valence-corrected chi connectivity index (χ1v) is 10.4. The first kappa shape index (κ1) is 20.0. The van der Waals surface area contributed by atoms with Crippen molar-refractivity contribution in [2.45, 2.75) is 38.5 Å². The third-order valence-corrected chi connectivity index (χ3v) is 5.50. The summed E-state index contributed by atoms with van der Waals surface area (Å²) in [7, 11) is -1.91. The van der Waals surface area contributed by atoms with E-state index in [9.17, 15) is 18.0 Å². The summed E-state index contributed by atoms with van der Waals surface area (Å²) in [5, 5.41) is 5.96. The molecular weight excluding hydrogens is 354 g/mol. The second-order valence-corrected chi connectivity index (χ2v) is 8.45. The number of sulfone groups is 1. The molecule has 0 aliphatic rings. The third-order valence-electron chi connectivity index (χ3n) is 4.36. The van der Waals surface area contributed by atoms with E-state index in [1.54, 1.807) is 20.9 Å². The maximum atomic E-state index is 13.0. The van der Waals surface area contributed by atoms with Crippen molar-refractivity contribution in [1.29, 1.82) is 0 Å². The van der Waals surface area contributed by atoms with Crippen LogP contribution in [0.25, 0.3) is 0 Å². The van der Waals surface area contributed by atoms with Gasteiger partial charge in [0.05, 0.1) is 10.6 Å². The minimum absolute atomic E-state index is 0.0715. The van der Waals surface area contributed by atoms with E-state index in [0.717, 1.165) is 19.1 Å². The van der Waals surface area contributed by atoms with Gasteiger partial charge in [0.25, 0.3) is 5.56 Å². The number of aromatic nitrogens is 2. The van der Waals surface area contributed by atoms with Gasteiger partial charge in [-0.05, 0) is 38.0 Å². The predicted molar refractivity (Wildman–Crippen MR) is 102 cm³/mol. The average molecular weight is 379 g/mol. The fraction of sp³-hybridized carbons (Fsp3) is 0.444. The number of nitrogens with zero attached hydrogens (tertiary/aromatic N) is 1. The molecule has 2 N–H and O–H groups in total. The molecule has 1 heterocycles. The van der Waals surface area contributed by atoms with Crippen molar-refractivity contribution in [2.75, 3.05) is 18.1 Å².